The van der Waals surface area contributed by atoms with Crippen LogP contribution in [0.1, 0.15) is 26.0 Å². The Hall–Kier alpha value is -1.81. The Morgan fingerprint density at radius 2 is 2.05 bits per heavy atom. The van der Waals surface area contributed by atoms with E-state index in [0.717, 1.165) is 6.07 Å². The van der Waals surface area contributed by atoms with Gasteiger partial charge in [-0.3, -0.25) is 0 Å². The summed E-state index contributed by atoms with van der Waals surface area (Å²) in [6, 6.07) is 2.69. The number of rotatable bonds is 5. The van der Waals surface area contributed by atoms with Crippen molar-refractivity contribution in [3.63, 3.8) is 0 Å². The van der Waals surface area contributed by atoms with Crippen molar-refractivity contribution >= 4 is 10.0 Å². The van der Waals surface area contributed by atoms with Crippen LogP contribution in [0.5, 0.6) is 0 Å². The summed E-state index contributed by atoms with van der Waals surface area (Å²) in [5.41, 5.74) is -0.239. The summed E-state index contributed by atoms with van der Waals surface area (Å²) in [5, 5.41) is 2.82. The van der Waals surface area contributed by atoms with E-state index in [1.165, 1.54) is 6.07 Å². The Morgan fingerprint density at radius 1 is 1.36 bits per heavy atom. The molecule has 2 aromatic rings. The lowest BCUT2D eigenvalue weighted by molar-refractivity contribution is -0.155. The minimum atomic E-state index is -4.68. The van der Waals surface area contributed by atoms with Crippen molar-refractivity contribution in [1.29, 1.82) is 0 Å². The van der Waals surface area contributed by atoms with Crippen LogP contribution in [0.25, 0.3) is 11.5 Å². The van der Waals surface area contributed by atoms with Gasteiger partial charge in [-0.05, 0) is 25.5 Å². The maximum atomic E-state index is 12.4. The first kappa shape index (κ1) is 16.6. The number of nitrogens with one attached hydrogen (secondary N) is 1. The molecule has 0 saturated carbocycles. The molecule has 0 aliphatic heterocycles. The van der Waals surface area contributed by atoms with Crippen LogP contribution in [0.4, 0.5) is 13.2 Å². The maximum Gasteiger partial charge on any atom is 0.452 e. The molecule has 0 fully saturated rings. The predicted octanol–water partition coefficient (Wildman–Crippen LogP) is 3.03. The summed E-state index contributed by atoms with van der Waals surface area (Å²) in [7, 11) is -3.88. The lowest BCUT2D eigenvalue weighted by Crippen LogP contribution is -2.31. The molecule has 0 bridgehead atoms. The van der Waals surface area contributed by atoms with Gasteiger partial charge in [0.1, 0.15) is 5.69 Å². The van der Waals surface area contributed by atoms with Gasteiger partial charge in [0.25, 0.3) is 10.0 Å². The van der Waals surface area contributed by atoms with Crippen molar-refractivity contribution < 1.29 is 30.5 Å². The molecule has 0 amide bonds. The topological polar surface area (TPSA) is 85.3 Å². The number of furan rings is 1. The monoisotopic (exact) mass is 338 g/mol. The standard InChI is InChI=1S/C12H13F3N2O4S/c1-3-7(2)17-22(18,19)11-5-4-9(20-11)8-6-10(21-16-8)12(13,14)15/h4-7,17H,3H2,1-2H3. The number of nitrogens with zero attached hydrogens (tertiary/aromatic N) is 1. The van der Waals surface area contributed by atoms with Crippen molar-refractivity contribution in [3.8, 4) is 11.5 Å². The molecule has 22 heavy (non-hydrogen) atoms. The van der Waals surface area contributed by atoms with E-state index in [9.17, 15) is 21.6 Å². The molecule has 1 atom stereocenters. The first-order chi connectivity index (χ1) is 10.1. The molecule has 0 aliphatic carbocycles. The number of halogens is 3. The quantitative estimate of drug-likeness (QED) is 0.906. The number of sulfonamides is 1. The smallest absolute Gasteiger partial charge is 0.441 e. The van der Waals surface area contributed by atoms with E-state index in [4.69, 9.17) is 4.42 Å². The summed E-state index contributed by atoms with van der Waals surface area (Å²) in [4.78, 5) is 0. The Kier molecular flexibility index (Phi) is 4.34. The van der Waals surface area contributed by atoms with Gasteiger partial charge in [0.2, 0.25) is 10.9 Å². The van der Waals surface area contributed by atoms with E-state index in [1.807, 2.05) is 0 Å². The number of alkyl halides is 3. The summed E-state index contributed by atoms with van der Waals surface area (Å²) >= 11 is 0. The molecule has 6 nitrogen and oxygen atoms in total. The fourth-order valence-electron chi connectivity index (χ4n) is 1.53. The lowest BCUT2D eigenvalue weighted by atomic mass is 10.3. The average Bonchev–Trinajstić information content (AvgIpc) is 3.06. The van der Waals surface area contributed by atoms with Gasteiger partial charge < -0.3 is 8.94 Å². The fourth-order valence-corrected chi connectivity index (χ4v) is 2.79. The summed E-state index contributed by atoms with van der Waals surface area (Å²) in [5.74, 6) is -1.43. The van der Waals surface area contributed by atoms with Crippen LogP contribution in [-0.4, -0.2) is 19.6 Å². The minimum absolute atomic E-state index is 0.135. The number of hydrogen-bond acceptors (Lipinski definition) is 5. The first-order valence-electron chi connectivity index (χ1n) is 6.30. The van der Waals surface area contributed by atoms with E-state index >= 15 is 0 Å². The summed E-state index contributed by atoms with van der Waals surface area (Å²) < 4.78 is 72.8. The highest BCUT2D eigenvalue weighted by Crippen LogP contribution is 2.33. The molecule has 0 radical (unpaired) electrons. The molecule has 2 aromatic heterocycles. The van der Waals surface area contributed by atoms with Gasteiger partial charge in [-0.1, -0.05) is 12.1 Å². The van der Waals surface area contributed by atoms with Gasteiger partial charge in [0, 0.05) is 12.1 Å². The van der Waals surface area contributed by atoms with Crippen LogP contribution in [-0.2, 0) is 16.2 Å². The minimum Gasteiger partial charge on any atom is -0.441 e. The Morgan fingerprint density at radius 3 is 2.59 bits per heavy atom. The van der Waals surface area contributed by atoms with Crippen molar-refractivity contribution in [2.24, 2.45) is 0 Å². The van der Waals surface area contributed by atoms with Gasteiger partial charge in [-0.2, -0.15) is 13.2 Å². The molecular formula is C12H13F3N2O4S. The third-order valence-corrected chi connectivity index (χ3v) is 4.32. The van der Waals surface area contributed by atoms with E-state index in [0.29, 0.717) is 12.5 Å². The molecule has 0 aromatic carbocycles. The van der Waals surface area contributed by atoms with Crippen LogP contribution >= 0.6 is 0 Å². The molecule has 10 heteroatoms. The van der Waals surface area contributed by atoms with Gasteiger partial charge >= 0.3 is 6.18 Å². The largest absolute Gasteiger partial charge is 0.452 e. The van der Waals surface area contributed by atoms with E-state index in [2.05, 4.69) is 14.4 Å². The van der Waals surface area contributed by atoms with Gasteiger partial charge in [-0.15, -0.1) is 0 Å². The van der Waals surface area contributed by atoms with Crippen LogP contribution in [0.2, 0.25) is 0 Å². The zero-order chi connectivity index (χ0) is 16.5. The second kappa shape index (κ2) is 5.76. The SMILES string of the molecule is CCC(C)NS(=O)(=O)c1ccc(-c2cc(C(F)(F)F)on2)o1. The van der Waals surface area contributed by atoms with Gasteiger partial charge in [0.15, 0.2) is 5.76 Å². The number of hydrogen-bond donors (Lipinski definition) is 1. The van der Waals surface area contributed by atoms with Crippen LogP contribution < -0.4 is 4.72 Å². The lowest BCUT2D eigenvalue weighted by Gasteiger charge is -2.09. The zero-order valence-electron chi connectivity index (χ0n) is 11.6. The van der Waals surface area contributed by atoms with E-state index in [1.54, 1.807) is 13.8 Å². The Labute approximate surface area is 124 Å². The van der Waals surface area contributed by atoms with Crippen LogP contribution in [0.3, 0.4) is 0 Å². The highest BCUT2D eigenvalue weighted by atomic mass is 32.2. The molecule has 0 aliphatic rings. The molecule has 0 spiro atoms. The third-order valence-electron chi connectivity index (χ3n) is 2.86. The molecule has 0 saturated heterocycles. The highest BCUT2D eigenvalue weighted by Gasteiger charge is 2.36. The second-order valence-corrected chi connectivity index (χ2v) is 6.27. The summed E-state index contributed by atoms with van der Waals surface area (Å²) in [6.07, 6.45) is -4.10. The van der Waals surface area contributed by atoms with E-state index in [-0.39, 0.29) is 17.5 Å². The maximum absolute atomic E-state index is 12.4. The molecule has 122 valence electrons. The van der Waals surface area contributed by atoms with Gasteiger partial charge in [0.05, 0.1) is 0 Å². The van der Waals surface area contributed by atoms with Crippen molar-refractivity contribution in [1.82, 2.24) is 9.88 Å². The van der Waals surface area contributed by atoms with Gasteiger partial charge in [-0.25, -0.2) is 13.1 Å². The fraction of sp³-hybridized carbons (Fsp3) is 0.417. The van der Waals surface area contributed by atoms with Crippen molar-refractivity contribution in [3.05, 3.63) is 24.0 Å². The molecular weight excluding hydrogens is 325 g/mol. The highest BCUT2D eigenvalue weighted by molar-refractivity contribution is 7.89. The van der Waals surface area contributed by atoms with Crippen LogP contribution in [0, 0.1) is 0 Å². The molecule has 2 heterocycles. The zero-order valence-corrected chi connectivity index (χ0v) is 12.5. The first-order valence-corrected chi connectivity index (χ1v) is 7.78. The predicted molar refractivity (Wildman–Crippen MR) is 69.3 cm³/mol. The average molecular weight is 338 g/mol. The second-order valence-electron chi connectivity index (χ2n) is 4.62. The number of aromatic nitrogens is 1. The molecule has 1 unspecified atom stereocenters. The van der Waals surface area contributed by atoms with Crippen molar-refractivity contribution in [2.45, 2.75) is 37.6 Å². The summed E-state index contributed by atoms with van der Waals surface area (Å²) in [6.45, 7) is 3.48. The molecule has 1 N–H and O–H groups in total. The normalized spacial score (nSPS) is 14.2. The van der Waals surface area contributed by atoms with Crippen molar-refractivity contribution in [2.75, 3.05) is 0 Å². The third kappa shape index (κ3) is 3.50. The Balaban J connectivity index is 2.27. The Bertz CT molecular complexity index is 749. The van der Waals surface area contributed by atoms with Crippen LogP contribution in [0.15, 0.2) is 32.2 Å². The van der Waals surface area contributed by atoms with E-state index < -0.39 is 27.1 Å². The molecule has 2 rings (SSSR count).